The van der Waals surface area contributed by atoms with Gasteiger partial charge in [0, 0.05) is 6.20 Å². The van der Waals surface area contributed by atoms with Crippen molar-refractivity contribution in [3.8, 4) is 6.07 Å². The fraction of sp³-hybridized carbons (Fsp3) is 0.800. The van der Waals surface area contributed by atoms with E-state index in [1.54, 1.807) is 12.8 Å². The molecule has 4 aliphatic rings. The Morgan fingerprint density at radius 1 is 1.06 bits per heavy atom. The molecule has 3 unspecified atom stereocenters. The number of rotatable bonds is 5. The van der Waals surface area contributed by atoms with Crippen LogP contribution in [0, 0.1) is 64.1 Å². The van der Waals surface area contributed by atoms with Gasteiger partial charge in [-0.15, -0.1) is 0 Å². The molecular weight excluding hydrogens is 388 g/mol. The highest BCUT2D eigenvalue weighted by Crippen LogP contribution is 2.65. The number of hydrogen-bond acceptors (Lipinski definition) is 2. The van der Waals surface area contributed by atoms with Crippen molar-refractivity contribution < 1.29 is 0 Å². The van der Waals surface area contributed by atoms with Crippen molar-refractivity contribution in [2.45, 2.75) is 97.8 Å². The summed E-state index contributed by atoms with van der Waals surface area (Å²) in [4.78, 5) is 4.32. The van der Waals surface area contributed by atoms with Crippen molar-refractivity contribution in [2.75, 3.05) is 0 Å². The molecule has 0 aromatic carbocycles. The smallest absolute Gasteiger partial charge is 0.140 e. The molecule has 0 spiro atoms. The largest absolute Gasteiger partial charge is 0.245 e. The van der Waals surface area contributed by atoms with Crippen LogP contribution in [0.25, 0.3) is 0 Å². The molecule has 1 aromatic rings. The Morgan fingerprint density at radius 2 is 1.91 bits per heavy atom. The van der Waals surface area contributed by atoms with Crippen LogP contribution in [0.3, 0.4) is 0 Å². The normalized spacial score (nSPS) is 41.8. The van der Waals surface area contributed by atoms with Gasteiger partial charge in [0.15, 0.2) is 0 Å². The van der Waals surface area contributed by atoms with Gasteiger partial charge in [-0.3, -0.25) is 0 Å². The molecule has 0 radical (unpaired) electrons. The molecule has 2 heteroatoms. The molecular formula is C30H44N2. The predicted molar refractivity (Wildman–Crippen MR) is 131 cm³/mol. The van der Waals surface area contributed by atoms with E-state index in [4.69, 9.17) is 5.26 Å². The summed E-state index contributed by atoms with van der Waals surface area (Å²) >= 11 is 0. The molecule has 0 saturated heterocycles. The Bertz CT molecular complexity index is 822. The van der Waals surface area contributed by atoms with Gasteiger partial charge >= 0.3 is 0 Å². The predicted octanol–water partition coefficient (Wildman–Crippen LogP) is 7.82. The Labute approximate surface area is 196 Å². The summed E-state index contributed by atoms with van der Waals surface area (Å²) in [7, 11) is 0. The quantitative estimate of drug-likeness (QED) is 0.475. The van der Waals surface area contributed by atoms with Crippen LogP contribution in [0.4, 0.5) is 0 Å². The molecule has 174 valence electrons. The topological polar surface area (TPSA) is 36.7 Å². The third-order valence-electron chi connectivity index (χ3n) is 11.0. The molecule has 0 bridgehead atoms. The number of hydrogen-bond donors (Lipinski definition) is 0. The first kappa shape index (κ1) is 22.4. The average Bonchev–Trinajstić information content (AvgIpc) is 3.17. The van der Waals surface area contributed by atoms with Crippen LogP contribution in [-0.4, -0.2) is 4.98 Å². The Kier molecular flexibility index (Phi) is 6.39. The lowest BCUT2D eigenvalue weighted by molar-refractivity contribution is -0.0740. The van der Waals surface area contributed by atoms with Crippen molar-refractivity contribution in [3.63, 3.8) is 0 Å². The molecule has 9 atom stereocenters. The van der Waals surface area contributed by atoms with E-state index >= 15 is 0 Å². The minimum Gasteiger partial charge on any atom is -0.245 e. The molecule has 4 fully saturated rings. The molecule has 4 saturated carbocycles. The van der Waals surface area contributed by atoms with Crippen molar-refractivity contribution in [1.29, 1.82) is 5.26 Å². The third-order valence-corrected chi connectivity index (χ3v) is 11.0. The highest BCUT2D eigenvalue weighted by atomic mass is 14.7. The van der Waals surface area contributed by atoms with Crippen LogP contribution >= 0.6 is 0 Å². The van der Waals surface area contributed by atoms with Gasteiger partial charge in [0.1, 0.15) is 11.8 Å². The van der Waals surface area contributed by atoms with Gasteiger partial charge in [-0.2, -0.15) is 5.26 Å². The zero-order chi connectivity index (χ0) is 22.3. The molecule has 0 N–H and O–H groups in total. The third kappa shape index (κ3) is 3.93. The summed E-state index contributed by atoms with van der Waals surface area (Å²) in [6.45, 7) is 7.55. The molecule has 0 aliphatic heterocycles. The van der Waals surface area contributed by atoms with E-state index in [0.29, 0.717) is 17.0 Å². The Balaban J connectivity index is 1.26. The lowest BCUT2D eigenvalue weighted by atomic mass is 9.48. The Hall–Kier alpha value is -1.36. The van der Waals surface area contributed by atoms with Gasteiger partial charge < -0.3 is 0 Å². The lowest BCUT2D eigenvalue weighted by Gasteiger charge is -2.57. The van der Waals surface area contributed by atoms with Crippen molar-refractivity contribution in [3.05, 3.63) is 29.6 Å². The molecule has 4 aliphatic carbocycles. The monoisotopic (exact) mass is 432 g/mol. The highest BCUT2D eigenvalue weighted by molar-refractivity contribution is 5.23. The second kappa shape index (κ2) is 9.12. The number of aromatic nitrogens is 1. The number of nitrogens with zero attached hydrogens (tertiary/aromatic N) is 2. The molecule has 1 aromatic heterocycles. The molecule has 0 amide bonds. The summed E-state index contributed by atoms with van der Waals surface area (Å²) in [5.74, 6) is 7.76. The van der Waals surface area contributed by atoms with Crippen molar-refractivity contribution in [1.82, 2.24) is 4.98 Å². The fourth-order valence-electron chi connectivity index (χ4n) is 9.72. The first-order chi connectivity index (χ1) is 15.5. The fourth-order valence-corrected chi connectivity index (χ4v) is 9.72. The van der Waals surface area contributed by atoms with E-state index in [2.05, 4.69) is 37.9 Å². The van der Waals surface area contributed by atoms with E-state index in [1.807, 2.05) is 12.3 Å². The standard InChI is InChI=1S/C30H44N2/c1-4-5-21-7-10-25-23(17-21)8-11-27-26(25)14-15-30(3)28(12-13-29(27)30)20(2)16-22-6-9-24(18-31)32-19-22/h6,9,19-21,23,25-29H,4-5,7-8,10-17H2,1-3H3/t20-,21-,23+,25-,26?,27+,28?,29?,30+/m0/s1. The zero-order valence-electron chi connectivity index (χ0n) is 20.7. The Morgan fingerprint density at radius 3 is 2.66 bits per heavy atom. The summed E-state index contributed by atoms with van der Waals surface area (Å²) in [6.07, 6.45) is 19.5. The van der Waals surface area contributed by atoms with E-state index < -0.39 is 0 Å². The van der Waals surface area contributed by atoms with Gasteiger partial charge in [-0.25, -0.2) is 4.98 Å². The van der Waals surface area contributed by atoms with E-state index in [-0.39, 0.29) is 0 Å². The maximum atomic E-state index is 9.04. The first-order valence-corrected chi connectivity index (χ1v) is 13.9. The SMILES string of the molecule is CCC[C@H]1CC[C@@H]2C3CC[C@@]4(C)C(CCC4[C@@H](C)Cc4ccc(C#N)nc4)[C@@H]3CC[C@@H]2C1. The van der Waals surface area contributed by atoms with Gasteiger partial charge in [-0.05, 0) is 122 Å². The first-order valence-electron chi connectivity index (χ1n) is 13.9. The highest BCUT2D eigenvalue weighted by Gasteiger charge is 2.57. The maximum absolute atomic E-state index is 9.04. The van der Waals surface area contributed by atoms with Crippen LogP contribution in [0.1, 0.15) is 103 Å². The molecule has 5 rings (SSSR count). The average molecular weight is 433 g/mol. The summed E-state index contributed by atoms with van der Waals surface area (Å²) < 4.78 is 0. The van der Waals surface area contributed by atoms with Gasteiger partial charge in [0.05, 0.1) is 0 Å². The van der Waals surface area contributed by atoms with E-state index in [1.165, 1.54) is 63.4 Å². The number of fused-ring (bicyclic) bond motifs is 5. The van der Waals surface area contributed by atoms with Crippen LogP contribution in [0.5, 0.6) is 0 Å². The van der Waals surface area contributed by atoms with Crippen molar-refractivity contribution >= 4 is 0 Å². The van der Waals surface area contributed by atoms with Crippen LogP contribution < -0.4 is 0 Å². The summed E-state index contributed by atoms with van der Waals surface area (Å²) in [5.41, 5.74) is 2.39. The maximum Gasteiger partial charge on any atom is 0.140 e. The van der Waals surface area contributed by atoms with Crippen LogP contribution in [0.2, 0.25) is 0 Å². The van der Waals surface area contributed by atoms with Crippen LogP contribution in [0.15, 0.2) is 18.3 Å². The van der Waals surface area contributed by atoms with E-state index in [0.717, 1.165) is 47.8 Å². The van der Waals surface area contributed by atoms with Crippen molar-refractivity contribution in [2.24, 2.45) is 52.8 Å². The summed E-state index contributed by atoms with van der Waals surface area (Å²) in [5, 5.41) is 9.04. The van der Waals surface area contributed by atoms with Gasteiger partial charge in [0.25, 0.3) is 0 Å². The number of pyridine rings is 1. The second-order valence-electron chi connectivity index (χ2n) is 12.5. The molecule has 2 nitrogen and oxygen atoms in total. The number of nitriles is 1. The molecule has 1 heterocycles. The molecule has 32 heavy (non-hydrogen) atoms. The van der Waals surface area contributed by atoms with Crippen LogP contribution in [-0.2, 0) is 6.42 Å². The van der Waals surface area contributed by atoms with Gasteiger partial charge in [0.2, 0.25) is 0 Å². The second-order valence-corrected chi connectivity index (χ2v) is 12.5. The zero-order valence-corrected chi connectivity index (χ0v) is 20.7. The van der Waals surface area contributed by atoms with Gasteiger partial charge in [-0.1, -0.05) is 46.1 Å². The van der Waals surface area contributed by atoms with E-state index in [9.17, 15) is 0 Å². The summed E-state index contributed by atoms with van der Waals surface area (Å²) in [6, 6.07) is 6.17. The minimum atomic E-state index is 0.534. The minimum absolute atomic E-state index is 0.534. The lowest BCUT2D eigenvalue weighted by Crippen LogP contribution is -2.49.